The first-order valence-electron chi connectivity index (χ1n) is 6.61. The van der Waals surface area contributed by atoms with Gasteiger partial charge in [-0.05, 0) is 25.5 Å². The van der Waals surface area contributed by atoms with E-state index in [4.69, 9.17) is 5.73 Å². The van der Waals surface area contributed by atoms with Crippen LogP contribution < -0.4 is 11.1 Å². The largest absolute Gasteiger partial charge is 0.320 e. The Bertz CT molecular complexity index is 764. The summed E-state index contributed by atoms with van der Waals surface area (Å²) in [5, 5.41) is 9.43. The van der Waals surface area contributed by atoms with Crippen LogP contribution >= 0.6 is 11.3 Å². The number of nitrogens with two attached hydrogens (primary N) is 1. The number of nitrogens with one attached hydrogen (secondary N) is 2. The molecule has 0 aliphatic carbocycles. The molecule has 2 rings (SSSR count). The lowest BCUT2D eigenvalue weighted by atomic mass is 10.2. The van der Waals surface area contributed by atoms with Gasteiger partial charge < -0.3 is 11.1 Å². The van der Waals surface area contributed by atoms with Gasteiger partial charge in [0, 0.05) is 17.2 Å². The standard InChI is InChI=1S/C13H18N4O3S2/c1-8-3-4-11(21-8)10-7-12(17-16-10)15-13(18)9(14)5-6-22(2,19)20/h3-4,7,9H,5-6,14H2,1-2H3,(H2,15,16,17,18). The monoisotopic (exact) mass is 342 g/mol. The predicted octanol–water partition coefficient (Wildman–Crippen LogP) is 1.15. The third kappa shape index (κ3) is 4.65. The zero-order valence-corrected chi connectivity index (χ0v) is 13.9. The molecule has 22 heavy (non-hydrogen) atoms. The molecule has 0 spiro atoms. The molecule has 2 aromatic heterocycles. The van der Waals surface area contributed by atoms with Crippen molar-refractivity contribution in [1.29, 1.82) is 0 Å². The molecule has 9 heteroatoms. The molecule has 1 unspecified atom stereocenters. The van der Waals surface area contributed by atoms with E-state index < -0.39 is 21.8 Å². The molecule has 0 fully saturated rings. The van der Waals surface area contributed by atoms with Gasteiger partial charge in [0.05, 0.1) is 22.4 Å². The third-order valence-corrected chi connectivity index (χ3v) is 4.98. The summed E-state index contributed by atoms with van der Waals surface area (Å²) in [7, 11) is -3.14. The van der Waals surface area contributed by atoms with Gasteiger partial charge in [-0.1, -0.05) is 0 Å². The van der Waals surface area contributed by atoms with Gasteiger partial charge in [-0.2, -0.15) is 5.10 Å². The minimum atomic E-state index is -3.14. The maximum atomic E-state index is 11.9. The molecule has 2 heterocycles. The van der Waals surface area contributed by atoms with E-state index in [0.29, 0.717) is 5.82 Å². The van der Waals surface area contributed by atoms with E-state index in [9.17, 15) is 13.2 Å². The normalized spacial score (nSPS) is 13.0. The van der Waals surface area contributed by atoms with Crippen LogP contribution in [0.25, 0.3) is 10.6 Å². The van der Waals surface area contributed by atoms with Crippen LogP contribution in [0.5, 0.6) is 0 Å². The zero-order valence-electron chi connectivity index (χ0n) is 12.3. The Morgan fingerprint density at radius 1 is 1.50 bits per heavy atom. The lowest BCUT2D eigenvalue weighted by Crippen LogP contribution is -2.37. The lowest BCUT2D eigenvalue weighted by Gasteiger charge is -2.09. The Kier molecular flexibility index (Phi) is 4.99. The summed E-state index contributed by atoms with van der Waals surface area (Å²) in [6, 6.07) is 4.79. The maximum Gasteiger partial charge on any atom is 0.242 e. The quantitative estimate of drug-likeness (QED) is 0.728. The maximum absolute atomic E-state index is 11.9. The molecule has 0 aliphatic rings. The summed E-state index contributed by atoms with van der Waals surface area (Å²) in [5.74, 6) is -0.216. The zero-order chi connectivity index (χ0) is 16.3. The van der Waals surface area contributed by atoms with Crippen molar-refractivity contribution < 1.29 is 13.2 Å². The van der Waals surface area contributed by atoms with E-state index in [2.05, 4.69) is 15.5 Å². The second-order valence-corrected chi connectivity index (χ2v) is 8.64. The molecule has 0 saturated heterocycles. The van der Waals surface area contributed by atoms with Crippen LogP contribution in [0.4, 0.5) is 5.82 Å². The van der Waals surface area contributed by atoms with Crippen LogP contribution in [0.3, 0.4) is 0 Å². The van der Waals surface area contributed by atoms with Crippen LogP contribution in [0.15, 0.2) is 18.2 Å². The highest BCUT2D eigenvalue weighted by molar-refractivity contribution is 7.90. The second-order valence-electron chi connectivity index (χ2n) is 5.09. The Labute approximate surface area is 132 Å². The van der Waals surface area contributed by atoms with E-state index in [1.54, 1.807) is 17.4 Å². The molecule has 4 N–H and O–H groups in total. The summed E-state index contributed by atoms with van der Waals surface area (Å²) in [6.45, 7) is 2.01. The first-order valence-corrected chi connectivity index (χ1v) is 9.49. The van der Waals surface area contributed by atoms with Gasteiger partial charge in [0.2, 0.25) is 5.91 Å². The SMILES string of the molecule is Cc1ccc(-c2cc(NC(=O)C(N)CCS(C)(=O)=O)n[nH]2)s1. The number of thiophene rings is 1. The van der Waals surface area contributed by atoms with Gasteiger partial charge in [-0.3, -0.25) is 9.89 Å². The van der Waals surface area contributed by atoms with Crippen molar-refractivity contribution in [3.8, 4) is 10.6 Å². The van der Waals surface area contributed by atoms with E-state index >= 15 is 0 Å². The summed E-state index contributed by atoms with van der Waals surface area (Å²) in [6.07, 6.45) is 1.19. The number of hydrogen-bond donors (Lipinski definition) is 3. The highest BCUT2D eigenvalue weighted by atomic mass is 32.2. The molecule has 1 atom stereocenters. The Morgan fingerprint density at radius 3 is 2.82 bits per heavy atom. The summed E-state index contributed by atoms with van der Waals surface area (Å²) >= 11 is 1.61. The van der Waals surface area contributed by atoms with E-state index in [1.165, 1.54) is 4.88 Å². The average Bonchev–Trinajstić information content (AvgIpc) is 3.04. The van der Waals surface area contributed by atoms with Gasteiger partial charge in [-0.25, -0.2) is 8.42 Å². The number of carbonyl (C=O) groups excluding carboxylic acids is 1. The van der Waals surface area contributed by atoms with Crippen molar-refractivity contribution >= 4 is 32.9 Å². The van der Waals surface area contributed by atoms with Crippen molar-refractivity contribution in [2.75, 3.05) is 17.3 Å². The minimum absolute atomic E-state index is 0.0755. The molecule has 0 aromatic carbocycles. The van der Waals surface area contributed by atoms with Crippen LogP contribution in [0.2, 0.25) is 0 Å². The molecule has 2 aromatic rings. The highest BCUT2D eigenvalue weighted by Crippen LogP contribution is 2.27. The third-order valence-electron chi connectivity index (χ3n) is 2.97. The fourth-order valence-corrected chi connectivity index (χ4v) is 3.30. The number of sulfone groups is 1. The van der Waals surface area contributed by atoms with E-state index in [1.807, 2.05) is 19.1 Å². The number of nitrogens with zero attached hydrogens (tertiary/aromatic N) is 1. The number of rotatable bonds is 6. The van der Waals surface area contributed by atoms with E-state index in [-0.39, 0.29) is 12.2 Å². The van der Waals surface area contributed by atoms with Crippen molar-refractivity contribution in [2.24, 2.45) is 5.73 Å². The van der Waals surface area contributed by atoms with Crippen molar-refractivity contribution in [1.82, 2.24) is 10.2 Å². The molecule has 0 aliphatic heterocycles. The van der Waals surface area contributed by atoms with Crippen molar-refractivity contribution in [3.05, 3.63) is 23.1 Å². The Morgan fingerprint density at radius 2 is 2.23 bits per heavy atom. The second kappa shape index (κ2) is 6.59. The van der Waals surface area contributed by atoms with Crippen molar-refractivity contribution in [3.63, 3.8) is 0 Å². The van der Waals surface area contributed by atoms with Crippen LogP contribution in [0.1, 0.15) is 11.3 Å². The van der Waals surface area contributed by atoms with Gasteiger partial charge in [0.15, 0.2) is 5.82 Å². The first-order chi connectivity index (χ1) is 10.2. The van der Waals surface area contributed by atoms with Gasteiger partial charge in [0.1, 0.15) is 9.84 Å². The number of aryl methyl sites for hydroxylation is 1. The minimum Gasteiger partial charge on any atom is -0.320 e. The molecular weight excluding hydrogens is 324 g/mol. The molecule has 1 amide bonds. The predicted molar refractivity (Wildman–Crippen MR) is 87.6 cm³/mol. The topological polar surface area (TPSA) is 118 Å². The van der Waals surface area contributed by atoms with Crippen LogP contribution in [0, 0.1) is 6.92 Å². The summed E-state index contributed by atoms with van der Waals surface area (Å²) < 4.78 is 22.2. The van der Waals surface area contributed by atoms with Crippen LogP contribution in [-0.2, 0) is 14.6 Å². The van der Waals surface area contributed by atoms with Gasteiger partial charge in [-0.15, -0.1) is 11.3 Å². The lowest BCUT2D eigenvalue weighted by molar-refractivity contribution is -0.117. The van der Waals surface area contributed by atoms with Crippen molar-refractivity contribution in [2.45, 2.75) is 19.4 Å². The number of hydrogen-bond acceptors (Lipinski definition) is 6. The molecule has 0 saturated carbocycles. The molecule has 120 valence electrons. The number of aromatic amines is 1. The summed E-state index contributed by atoms with van der Waals surface area (Å²) in [4.78, 5) is 14.1. The van der Waals surface area contributed by atoms with E-state index in [0.717, 1.165) is 16.8 Å². The fraction of sp³-hybridized carbons (Fsp3) is 0.385. The fourth-order valence-electron chi connectivity index (χ4n) is 1.78. The average molecular weight is 342 g/mol. The Balaban J connectivity index is 1.96. The molecular formula is C13H18N4O3S2. The molecule has 7 nitrogen and oxygen atoms in total. The van der Waals surface area contributed by atoms with Crippen LogP contribution in [-0.4, -0.2) is 42.6 Å². The molecule has 0 bridgehead atoms. The summed E-state index contributed by atoms with van der Waals surface area (Å²) in [5.41, 5.74) is 6.48. The van der Waals surface area contributed by atoms with Gasteiger partial charge >= 0.3 is 0 Å². The Hall–Kier alpha value is -1.71. The number of carbonyl (C=O) groups is 1. The highest BCUT2D eigenvalue weighted by Gasteiger charge is 2.17. The van der Waals surface area contributed by atoms with Gasteiger partial charge in [0.25, 0.3) is 0 Å². The number of anilines is 1. The smallest absolute Gasteiger partial charge is 0.242 e. The number of aromatic nitrogens is 2. The number of amides is 1. The molecule has 0 radical (unpaired) electrons. The first kappa shape index (κ1) is 16.7. The number of H-pyrrole nitrogens is 1.